The van der Waals surface area contributed by atoms with Gasteiger partial charge < -0.3 is 4.74 Å². The molecule has 2 aromatic rings. The highest BCUT2D eigenvalue weighted by atomic mass is 35.5. The highest BCUT2D eigenvalue weighted by Gasteiger charge is 2.34. The summed E-state index contributed by atoms with van der Waals surface area (Å²) in [5, 5.41) is 6.86. The maximum Gasteiger partial charge on any atom is 0.573 e. The molecule has 1 heterocycles. The van der Waals surface area contributed by atoms with Crippen molar-refractivity contribution in [3.8, 4) is 5.75 Å². The monoisotopic (exact) mass is 510 g/mol. The average molecular weight is 511 g/mol. The summed E-state index contributed by atoms with van der Waals surface area (Å²) in [5.41, 5.74) is 3.77. The highest BCUT2D eigenvalue weighted by molar-refractivity contribution is 7.92. The first-order valence-electron chi connectivity index (χ1n) is 8.95. The number of hydrogen-bond acceptors (Lipinski definition) is 8. The number of alkyl halides is 3. The Bertz CT molecular complexity index is 1190. The standard InChI is InChI=1S/C17H15ClF4N6O4S/c1-2-28-16(24-26-27-28)23-15(29)11-7-8-12(32-17(20,21)22)14(13(11)18)25-33(30,31)10-5-3-9(19)4-6-10/h3-8,25-27H,2H2,1H3,(H,23,24,29). The van der Waals surface area contributed by atoms with Crippen molar-refractivity contribution in [2.45, 2.75) is 18.2 Å². The molecule has 0 fully saturated rings. The molecular formula is C17H15ClF4N6O4S. The largest absolute Gasteiger partial charge is 0.573 e. The Morgan fingerprint density at radius 1 is 1.21 bits per heavy atom. The van der Waals surface area contributed by atoms with Crippen molar-refractivity contribution < 1.29 is 35.5 Å². The van der Waals surface area contributed by atoms with E-state index >= 15 is 0 Å². The summed E-state index contributed by atoms with van der Waals surface area (Å²) in [6.45, 7) is 2.11. The molecule has 0 unspecified atom stereocenters. The van der Waals surface area contributed by atoms with Crippen molar-refractivity contribution in [3.05, 3.63) is 52.8 Å². The first kappa shape index (κ1) is 24.3. The molecule has 4 N–H and O–H groups in total. The SMILES string of the molecule is CCN1NNN=C1NC(=O)c1ccc(OC(F)(F)F)c(NS(=O)(=O)c2ccc(F)cc2)c1Cl. The number of nitrogens with zero attached hydrogens (tertiary/aromatic N) is 2. The summed E-state index contributed by atoms with van der Waals surface area (Å²) in [4.78, 5) is 12.2. The van der Waals surface area contributed by atoms with Crippen molar-refractivity contribution in [1.82, 2.24) is 21.4 Å². The van der Waals surface area contributed by atoms with E-state index in [-0.39, 0.29) is 11.5 Å². The molecule has 2 aromatic carbocycles. The predicted molar refractivity (Wildman–Crippen MR) is 109 cm³/mol. The molecule has 16 heteroatoms. The van der Waals surface area contributed by atoms with Crippen LogP contribution in [0.5, 0.6) is 5.75 Å². The van der Waals surface area contributed by atoms with Crippen LogP contribution in [0.2, 0.25) is 5.02 Å². The molecule has 0 bridgehead atoms. The van der Waals surface area contributed by atoms with Crippen LogP contribution in [-0.2, 0) is 10.0 Å². The minimum absolute atomic E-state index is 0.0302. The van der Waals surface area contributed by atoms with Crippen molar-refractivity contribution in [1.29, 1.82) is 0 Å². The zero-order valence-electron chi connectivity index (χ0n) is 16.5. The number of benzene rings is 2. The number of ether oxygens (including phenoxy) is 1. The number of rotatable bonds is 6. The Morgan fingerprint density at radius 3 is 2.48 bits per heavy atom. The highest BCUT2D eigenvalue weighted by Crippen LogP contribution is 2.39. The summed E-state index contributed by atoms with van der Waals surface area (Å²) < 4.78 is 82.8. The van der Waals surface area contributed by atoms with E-state index in [4.69, 9.17) is 11.6 Å². The van der Waals surface area contributed by atoms with Gasteiger partial charge >= 0.3 is 6.36 Å². The van der Waals surface area contributed by atoms with Gasteiger partial charge in [0, 0.05) is 6.54 Å². The van der Waals surface area contributed by atoms with E-state index in [0.29, 0.717) is 6.54 Å². The summed E-state index contributed by atoms with van der Waals surface area (Å²) in [5.74, 6) is -2.61. The van der Waals surface area contributed by atoms with Crippen LogP contribution >= 0.6 is 11.6 Å². The van der Waals surface area contributed by atoms with Gasteiger partial charge in [0.25, 0.3) is 15.9 Å². The zero-order chi connectivity index (χ0) is 24.4. The maximum atomic E-state index is 13.1. The molecule has 33 heavy (non-hydrogen) atoms. The van der Waals surface area contributed by atoms with Crippen LogP contribution in [0.15, 0.2) is 46.4 Å². The molecule has 0 saturated heterocycles. The van der Waals surface area contributed by atoms with Crippen LogP contribution in [0.4, 0.5) is 23.2 Å². The van der Waals surface area contributed by atoms with Gasteiger partial charge in [0.1, 0.15) is 11.5 Å². The normalized spacial score (nSPS) is 13.9. The maximum absolute atomic E-state index is 13.1. The lowest BCUT2D eigenvalue weighted by Gasteiger charge is -2.19. The number of hydrazine groups is 2. The third kappa shape index (κ3) is 5.74. The van der Waals surface area contributed by atoms with Crippen LogP contribution in [0.25, 0.3) is 0 Å². The van der Waals surface area contributed by atoms with E-state index in [0.717, 1.165) is 36.4 Å². The van der Waals surface area contributed by atoms with E-state index < -0.39 is 49.5 Å². The molecule has 3 rings (SSSR count). The molecule has 1 aliphatic heterocycles. The molecule has 0 atom stereocenters. The van der Waals surface area contributed by atoms with Crippen molar-refractivity contribution in [3.63, 3.8) is 0 Å². The van der Waals surface area contributed by atoms with E-state index in [1.807, 2.05) is 4.72 Å². The Balaban J connectivity index is 2.00. The number of guanidine groups is 1. The second kappa shape index (κ2) is 9.29. The van der Waals surface area contributed by atoms with Crippen LogP contribution in [0.3, 0.4) is 0 Å². The smallest absolute Gasteiger partial charge is 0.403 e. The number of sulfonamides is 1. The Hall–Kier alpha value is -3.30. The van der Waals surface area contributed by atoms with Gasteiger partial charge in [0.2, 0.25) is 5.96 Å². The molecule has 0 spiro atoms. The van der Waals surface area contributed by atoms with E-state index in [2.05, 4.69) is 26.2 Å². The average Bonchev–Trinajstić information content (AvgIpc) is 3.17. The van der Waals surface area contributed by atoms with Gasteiger partial charge in [0.05, 0.1) is 15.5 Å². The van der Waals surface area contributed by atoms with Gasteiger partial charge in [-0.25, -0.2) is 18.3 Å². The van der Waals surface area contributed by atoms with E-state index in [1.165, 1.54) is 5.01 Å². The van der Waals surface area contributed by atoms with Crippen molar-refractivity contribution >= 4 is 39.2 Å². The number of hydrazone groups is 1. The number of carbonyl (C=O) groups excluding carboxylic acids is 1. The predicted octanol–water partition coefficient (Wildman–Crippen LogP) is 2.52. The Kier molecular flexibility index (Phi) is 6.85. The number of carbonyl (C=O) groups is 1. The van der Waals surface area contributed by atoms with Crippen molar-refractivity contribution in [2.75, 3.05) is 11.3 Å². The van der Waals surface area contributed by atoms with Gasteiger partial charge in [-0.1, -0.05) is 11.6 Å². The fourth-order valence-electron chi connectivity index (χ4n) is 2.59. The van der Waals surface area contributed by atoms with E-state index in [1.54, 1.807) is 6.92 Å². The quantitative estimate of drug-likeness (QED) is 0.440. The minimum atomic E-state index is -5.19. The van der Waals surface area contributed by atoms with Crippen LogP contribution in [-0.4, -0.2) is 38.2 Å². The number of nitrogens with one attached hydrogen (secondary N) is 4. The van der Waals surface area contributed by atoms with Gasteiger partial charge in [-0.3, -0.25) is 19.8 Å². The fourth-order valence-corrected chi connectivity index (χ4v) is 4.02. The van der Waals surface area contributed by atoms with E-state index in [9.17, 15) is 30.8 Å². The second-order valence-corrected chi connectivity index (χ2v) is 8.33. The zero-order valence-corrected chi connectivity index (χ0v) is 18.1. The molecule has 10 nitrogen and oxygen atoms in total. The number of hydrogen-bond donors (Lipinski definition) is 4. The van der Waals surface area contributed by atoms with Gasteiger partial charge in [0.15, 0.2) is 5.75 Å². The third-order valence-corrected chi connectivity index (χ3v) is 5.84. The topological polar surface area (TPSA) is 124 Å². The lowest BCUT2D eigenvalue weighted by molar-refractivity contribution is -0.274. The molecule has 0 aliphatic carbocycles. The summed E-state index contributed by atoms with van der Waals surface area (Å²) >= 11 is 6.13. The third-order valence-electron chi connectivity index (χ3n) is 4.08. The molecule has 178 valence electrons. The first-order chi connectivity index (χ1) is 15.4. The first-order valence-corrected chi connectivity index (χ1v) is 10.8. The van der Waals surface area contributed by atoms with Crippen LogP contribution < -0.4 is 25.8 Å². The lowest BCUT2D eigenvalue weighted by Crippen LogP contribution is -2.47. The second-order valence-electron chi connectivity index (χ2n) is 6.26. The summed E-state index contributed by atoms with van der Waals surface area (Å²) in [6, 6.07) is 5.12. The molecule has 1 aliphatic rings. The molecule has 0 aromatic heterocycles. The Morgan fingerprint density at radius 2 is 1.88 bits per heavy atom. The summed E-state index contributed by atoms with van der Waals surface area (Å²) in [6.07, 6.45) is -5.19. The number of halogens is 5. The van der Waals surface area contributed by atoms with Gasteiger partial charge in [-0.15, -0.1) is 23.8 Å². The van der Waals surface area contributed by atoms with Gasteiger partial charge in [-0.2, -0.15) is 0 Å². The van der Waals surface area contributed by atoms with Gasteiger partial charge in [-0.05, 0) is 43.3 Å². The number of amides is 1. The van der Waals surface area contributed by atoms with Crippen LogP contribution in [0.1, 0.15) is 17.3 Å². The lowest BCUT2D eigenvalue weighted by atomic mass is 10.1. The van der Waals surface area contributed by atoms with Crippen molar-refractivity contribution in [2.24, 2.45) is 5.10 Å². The molecular weight excluding hydrogens is 496 g/mol. The Labute approximate surface area is 189 Å². The molecule has 0 saturated carbocycles. The molecule has 1 amide bonds. The molecule has 0 radical (unpaired) electrons. The number of anilines is 1. The fraction of sp³-hybridized carbons (Fsp3) is 0.176. The minimum Gasteiger partial charge on any atom is -0.403 e. The summed E-state index contributed by atoms with van der Waals surface area (Å²) in [7, 11) is -4.54. The van der Waals surface area contributed by atoms with Crippen LogP contribution in [0, 0.1) is 5.82 Å².